The third-order valence-corrected chi connectivity index (χ3v) is 3.26. The molecule has 0 bridgehead atoms. The van der Waals surface area contributed by atoms with Crippen LogP contribution in [0.3, 0.4) is 0 Å². The van der Waals surface area contributed by atoms with Crippen molar-refractivity contribution in [1.29, 1.82) is 5.26 Å². The summed E-state index contributed by atoms with van der Waals surface area (Å²) in [4.78, 5) is 13.4. The monoisotopic (exact) mass is 246 g/mol. The van der Waals surface area contributed by atoms with E-state index >= 15 is 0 Å². The van der Waals surface area contributed by atoms with Gasteiger partial charge in [-0.2, -0.15) is 5.26 Å². The summed E-state index contributed by atoms with van der Waals surface area (Å²) in [5.74, 6) is -0.263. The first-order valence-corrected chi connectivity index (χ1v) is 5.81. The molecule has 0 saturated heterocycles. The van der Waals surface area contributed by atoms with Crippen LogP contribution >= 0.6 is 0 Å². The van der Waals surface area contributed by atoms with Crippen molar-refractivity contribution in [1.82, 2.24) is 4.90 Å². The Morgan fingerprint density at radius 1 is 1.44 bits per heavy atom. The van der Waals surface area contributed by atoms with Gasteiger partial charge in [-0.05, 0) is 38.6 Å². The fourth-order valence-electron chi connectivity index (χ4n) is 1.78. The van der Waals surface area contributed by atoms with Crippen LogP contribution in [0.5, 0.6) is 0 Å². The SMILES string of the molecule is COC(=O)[C@H](C)N(C)C(C)c1cccc(C#N)c1. The first-order valence-electron chi connectivity index (χ1n) is 5.81. The highest BCUT2D eigenvalue weighted by atomic mass is 16.5. The van der Waals surface area contributed by atoms with Gasteiger partial charge in [0.1, 0.15) is 6.04 Å². The zero-order valence-electron chi connectivity index (χ0n) is 11.2. The molecule has 0 radical (unpaired) electrons. The number of nitrogens with zero attached hydrogens (tertiary/aromatic N) is 2. The van der Waals surface area contributed by atoms with Gasteiger partial charge in [0, 0.05) is 6.04 Å². The first kappa shape index (κ1) is 14.2. The zero-order valence-corrected chi connectivity index (χ0v) is 11.2. The minimum Gasteiger partial charge on any atom is -0.468 e. The molecule has 0 N–H and O–H groups in total. The summed E-state index contributed by atoms with van der Waals surface area (Å²) in [7, 11) is 3.25. The molecule has 0 amide bonds. The third kappa shape index (κ3) is 3.08. The van der Waals surface area contributed by atoms with Crippen LogP contribution in [0.4, 0.5) is 0 Å². The van der Waals surface area contributed by atoms with E-state index in [1.165, 1.54) is 7.11 Å². The summed E-state index contributed by atoms with van der Waals surface area (Å²) >= 11 is 0. The molecule has 4 nitrogen and oxygen atoms in total. The number of carbonyl (C=O) groups is 1. The van der Waals surface area contributed by atoms with Crippen LogP contribution in [-0.4, -0.2) is 31.1 Å². The van der Waals surface area contributed by atoms with Crippen LogP contribution in [-0.2, 0) is 9.53 Å². The molecule has 18 heavy (non-hydrogen) atoms. The number of rotatable bonds is 4. The second kappa shape index (κ2) is 6.18. The Kier molecular flexibility index (Phi) is 4.87. The number of hydrogen-bond donors (Lipinski definition) is 0. The molecule has 1 rings (SSSR count). The van der Waals surface area contributed by atoms with E-state index < -0.39 is 0 Å². The molecule has 0 aliphatic rings. The standard InChI is InChI=1S/C14H18N2O2/c1-10(16(3)11(2)14(17)18-4)13-7-5-6-12(8-13)9-15/h5-8,10-11H,1-4H3/t10?,11-/m0/s1. The Balaban J connectivity index is 2.89. The Morgan fingerprint density at radius 3 is 2.67 bits per heavy atom. The van der Waals surface area contributed by atoms with E-state index in [4.69, 9.17) is 10.00 Å². The van der Waals surface area contributed by atoms with E-state index in [2.05, 4.69) is 6.07 Å². The second-order valence-corrected chi connectivity index (χ2v) is 4.28. The van der Waals surface area contributed by atoms with Crippen molar-refractivity contribution >= 4 is 5.97 Å². The average Bonchev–Trinajstić information content (AvgIpc) is 2.43. The molecule has 0 spiro atoms. The van der Waals surface area contributed by atoms with Crippen molar-refractivity contribution in [3.8, 4) is 6.07 Å². The van der Waals surface area contributed by atoms with E-state index in [1.54, 1.807) is 13.0 Å². The average molecular weight is 246 g/mol. The number of ether oxygens (including phenoxy) is 1. The molecule has 1 aromatic carbocycles. The number of likely N-dealkylation sites (N-methyl/N-ethyl adjacent to an activating group) is 1. The largest absolute Gasteiger partial charge is 0.468 e. The molecule has 96 valence electrons. The number of hydrogen-bond acceptors (Lipinski definition) is 4. The molecule has 1 aromatic rings. The molecule has 2 atom stereocenters. The molecule has 0 fully saturated rings. The van der Waals surface area contributed by atoms with Gasteiger partial charge in [0.2, 0.25) is 0 Å². The Morgan fingerprint density at radius 2 is 2.11 bits per heavy atom. The van der Waals surface area contributed by atoms with Crippen molar-refractivity contribution in [2.24, 2.45) is 0 Å². The van der Waals surface area contributed by atoms with Gasteiger partial charge in [0.05, 0.1) is 18.7 Å². The molecule has 4 heteroatoms. The summed E-state index contributed by atoms with van der Waals surface area (Å²) in [6.45, 7) is 3.80. The maximum absolute atomic E-state index is 11.5. The number of methoxy groups -OCH3 is 1. The predicted molar refractivity (Wildman–Crippen MR) is 68.8 cm³/mol. The molecular weight excluding hydrogens is 228 g/mol. The summed E-state index contributed by atoms with van der Waals surface area (Å²) in [5, 5.41) is 8.88. The highest BCUT2D eigenvalue weighted by molar-refractivity contribution is 5.75. The molecule has 1 unspecified atom stereocenters. The lowest BCUT2D eigenvalue weighted by atomic mass is 10.0. The van der Waals surface area contributed by atoms with Gasteiger partial charge in [-0.25, -0.2) is 0 Å². The van der Waals surface area contributed by atoms with E-state index in [-0.39, 0.29) is 18.1 Å². The first-order chi connectivity index (χ1) is 8.51. The Labute approximate surface area is 108 Å². The second-order valence-electron chi connectivity index (χ2n) is 4.28. The fraction of sp³-hybridized carbons (Fsp3) is 0.429. The third-order valence-electron chi connectivity index (χ3n) is 3.26. The van der Waals surface area contributed by atoms with Crippen LogP contribution in [0.1, 0.15) is 31.0 Å². The molecular formula is C14H18N2O2. The van der Waals surface area contributed by atoms with E-state index in [9.17, 15) is 4.79 Å². The number of esters is 1. The van der Waals surface area contributed by atoms with E-state index in [0.717, 1.165) is 5.56 Å². The maximum Gasteiger partial charge on any atom is 0.322 e. The Bertz CT molecular complexity index is 465. The normalized spacial score (nSPS) is 13.8. The Hall–Kier alpha value is -1.86. The van der Waals surface area contributed by atoms with Gasteiger partial charge in [-0.1, -0.05) is 12.1 Å². The summed E-state index contributed by atoms with van der Waals surface area (Å²) in [5.41, 5.74) is 1.63. The van der Waals surface area contributed by atoms with E-state index in [0.29, 0.717) is 5.56 Å². The van der Waals surface area contributed by atoms with Crippen LogP contribution in [0.15, 0.2) is 24.3 Å². The minimum absolute atomic E-state index is 0.0346. The lowest BCUT2D eigenvalue weighted by Gasteiger charge is -2.29. The summed E-state index contributed by atoms with van der Waals surface area (Å²) in [6, 6.07) is 9.23. The number of carbonyl (C=O) groups excluding carboxylic acids is 1. The van der Waals surface area contributed by atoms with Crippen molar-refractivity contribution in [2.45, 2.75) is 25.9 Å². The topological polar surface area (TPSA) is 53.3 Å². The lowest BCUT2D eigenvalue weighted by molar-refractivity contribution is -0.146. The van der Waals surface area contributed by atoms with Crippen molar-refractivity contribution in [2.75, 3.05) is 14.2 Å². The molecule has 0 aliphatic heterocycles. The number of benzene rings is 1. The smallest absolute Gasteiger partial charge is 0.322 e. The maximum atomic E-state index is 11.5. The van der Waals surface area contributed by atoms with Gasteiger partial charge < -0.3 is 4.74 Å². The minimum atomic E-state index is -0.323. The van der Waals surface area contributed by atoms with Crippen LogP contribution in [0.25, 0.3) is 0 Å². The van der Waals surface area contributed by atoms with Gasteiger partial charge in [0.25, 0.3) is 0 Å². The van der Waals surface area contributed by atoms with Crippen molar-refractivity contribution in [3.63, 3.8) is 0 Å². The molecule has 0 heterocycles. The van der Waals surface area contributed by atoms with Gasteiger partial charge >= 0.3 is 5.97 Å². The zero-order chi connectivity index (χ0) is 13.7. The van der Waals surface area contributed by atoms with Gasteiger partial charge in [-0.3, -0.25) is 9.69 Å². The van der Waals surface area contributed by atoms with Crippen molar-refractivity contribution in [3.05, 3.63) is 35.4 Å². The quantitative estimate of drug-likeness (QED) is 0.763. The van der Waals surface area contributed by atoms with Crippen LogP contribution < -0.4 is 0 Å². The molecule has 0 aliphatic carbocycles. The van der Waals surface area contributed by atoms with Crippen LogP contribution in [0, 0.1) is 11.3 Å². The van der Waals surface area contributed by atoms with Gasteiger partial charge in [0.15, 0.2) is 0 Å². The van der Waals surface area contributed by atoms with Crippen LogP contribution in [0.2, 0.25) is 0 Å². The highest BCUT2D eigenvalue weighted by Crippen LogP contribution is 2.21. The van der Waals surface area contributed by atoms with Crippen molar-refractivity contribution < 1.29 is 9.53 Å². The predicted octanol–water partition coefficient (Wildman–Crippen LogP) is 2.11. The van der Waals surface area contributed by atoms with Gasteiger partial charge in [-0.15, -0.1) is 0 Å². The molecule has 0 saturated carbocycles. The lowest BCUT2D eigenvalue weighted by Crippen LogP contribution is -2.38. The molecule has 0 aromatic heterocycles. The summed E-state index contributed by atoms with van der Waals surface area (Å²) in [6.07, 6.45) is 0. The van der Waals surface area contributed by atoms with E-state index in [1.807, 2.05) is 37.1 Å². The summed E-state index contributed by atoms with van der Waals surface area (Å²) < 4.78 is 4.73. The number of nitriles is 1. The highest BCUT2D eigenvalue weighted by Gasteiger charge is 2.23. The fourth-order valence-corrected chi connectivity index (χ4v) is 1.78.